The first-order valence-electron chi connectivity index (χ1n) is 9.92. The van der Waals surface area contributed by atoms with Gasteiger partial charge in [0.2, 0.25) is 0 Å². The molecule has 3 aromatic carbocycles. The highest BCUT2D eigenvalue weighted by molar-refractivity contribution is 6.36. The summed E-state index contributed by atoms with van der Waals surface area (Å²) in [5.41, 5.74) is 2.03. The average molecular weight is 505 g/mol. The monoisotopic (exact) mass is 503 g/mol. The number of nitrogens with one attached hydrogen (secondary N) is 1. The maximum Gasteiger partial charge on any atom is 0.331 e. The molecule has 1 N–H and O–H groups in total. The van der Waals surface area contributed by atoms with Crippen LogP contribution in [0.3, 0.4) is 0 Å². The molecule has 0 fully saturated rings. The summed E-state index contributed by atoms with van der Waals surface area (Å²) in [7, 11) is 0. The molecule has 0 aliphatic rings. The molecule has 1 atom stereocenters. The Balaban J connectivity index is 1.49. The second-order valence-corrected chi connectivity index (χ2v) is 8.22. The number of halogens is 3. The van der Waals surface area contributed by atoms with Gasteiger partial charge < -0.3 is 14.8 Å². The molecule has 5 nitrogen and oxygen atoms in total. The molecule has 0 spiro atoms. The normalized spacial score (nSPS) is 11.8. The Hall–Kier alpha value is -2.99. The van der Waals surface area contributed by atoms with Gasteiger partial charge in [-0.25, -0.2) is 4.79 Å². The first kappa shape index (κ1) is 24.6. The molecule has 3 aromatic rings. The third-order valence-electron chi connectivity index (χ3n) is 4.51. The molecule has 0 heterocycles. The number of anilines is 1. The van der Waals surface area contributed by atoms with Gasteiger partial charge in [-0.3, -0.25) is 4.79 Å². The summed E-state index contributed by atoms with van der Waals surface area (Å²) in [5.74, 6) is -0.458. The van der Waals surface area contributed by atoms with Crippen molar-refractivity contribution in [2.45, 2.75) is 19.6 Å². The number of carbonyl (C=O) groups excluding carboxylic acids is 2. The predicted octanol–water partition coefficient (Wildman–Crippen LogP) is 6.81. The molecule has 33 heavy (non-hydrogen) atoms. The highest BCUT2D eigenvalue weighted by Crippen LogP contribution is 2.26. The first-order chi connectivity index (χ1) is 15.8. The van der Waals surface area contributed by atoms with Crippen molar-refractivity contribution in [3.63, 3.8) is 0 Å². The molecule has 1 unspecified atom stereocenters. The number of rotatable bonds is 8. The fourth-order valence-electron chi connectivity index (χ4n) is 2.71. The van der Waals surface area contributed by atoms with E-state index < -0.39 is 18.0 Å². The van der Waals surface area contributed by atoms with Gasteiger partial charge in [0.15, 0.2) is 6.10 Å². The molecule has 8 heteroatoms. The lowest BCUT2D eigenvalue weighted by Gasteiger charge is -2.12. The lowest BCUT2D eigenvalue weighted by molar-refractivity contribution is -0.148. The summed E-state index contributed by atoms with van der Waals surface area (Å²) >= 11 is 18.1. The minimum absolute atomic E-state index is 0.232. The van der Waals surface area contributed by atoms with Crippen LogP contribution in [0.2, 0.25) is 15.1 Å². The maximum absolute atomic E-state index is 12.2. The van der Waals surface area contributed by atoms with Crippen LogP contribution in [0, 0.1) is 0 Å². The van der Waals surface area contributed by atoms with Crippen LogP contribution in [0.4, 0.5) is 5.69 Å². The quantitative estimate of drug-likeness (QED) is 0.270. The molecule has 0 saturated carbocycles. The summed E-state index contributed by atoms with van der Waals surface area (Å²) in [5, 5.41) is 4.29. The minimum atomic E-state index is -0.967. The highest BCUT2D eigenvalue weighted by atomic mass is 35.5. The van der Waals surface area contributed by atoms with E-state index in [1.165, 1.54) is 13.0 Å². The van der Waals surface area contributed by atoms with Crippen molar-refractivity contribution in [2.24, 2.45) is 0 Å². The molecule has 0 aromatic heterocycles. The fourth-order valence-corrected chi connectivity index (χ4v) is 3.34. The smallest absolute Gasteiger partial charge is 0.331 e. The Labute approximate surface area is 206 Å². The van der Waals surface area contributed by atoms with Crippen molar-refractivity contribution in [1.29, 1.82) is 0 Å². The molecular weight excluding hydrogens is 485 g/mol. The third-order valence-corrected chi connectivity index (χ3v) is 5.47. The van der Waals surface area contributed by atoms with Crippen molar-refractivity contribution < 1.29 is 19.1 Å². The van der Waals surface area contributed by atoms with Crippen molar-refractivity contribution in [3.8, 4) is 5.75 Å². The Morgan fingerprint density at radius 3 is 2.21 bits per heavy atom. The zero-order valence-corrected chi connectivity index (χ0v) is 19.8. The Kier molecular flexibility index (Phi) is 8.78. The number of carbonyl (C=O) groups is 2. The number of benzene rings is 3. The van der Waals surface area contributed by atoms with Gasteiger partial charge in [-0.1, -0.05) is 53.0 Å². The van der Waals surface area contributed by atoms with E-state index in [4.69, 9.17) is 44.3 Å². The zero-order valence-electron chi connectivity index (χ0n) is 17.6. The van der Waals surface area contributed by atoms with E-state index in [9.17, 15) is 9.59 Å². The van der Waals surface area contributed by atoms with Gasteiger partial charge in [-0.05, 0) is 67.1 Å². The van der Waals surface area contributed by atoms with Gasteiger partial charge in [-0.2, -0.15) is 0 Å². The Morgan fingerprint density at radius 2 is 1.58 bits per heavy atom. The molecule has 170 valence electrons. The van der Waals surface area contributed by atoms with Crippen molar-refractivity contribution in [3.05, 3.63) is 99.0 Å². The van der Waals surface area contributed by atoms with Crippen LogP contribution in [0.25, 0.3) is 6.08 Å². The number of amides is 1. The second-order valence-electron chi connectivity index (χ2n) is 6.97. The average Bonchev–Trinajstić information content (AvgIpc) is 2.79. The standard InChI is InChI=1S/C25H20Cl3NO4/c1-16(25(31)29-19-10-8-18(26)9-11-19)33-24(30)14-7-17-5-12-20(13-6-17)32-15-21-22(27)3-2-4-23(21)28/h2-14,16H,15H2,1H3,(H,29,31). The summed E-state index contributed by atoms with van der Waals surface area (Å²) in [6.45, 7) is 1.73. The predicted molar refractivity (Wildman–Crippen MR) is 132 cm³/mol. The van der Waals surface area contributed by atoms with Crippen LogP contribution >= 0.6 is 34.8 Å². The molecule has 0 radical (unpaired) electrons. The van der Waals surface area contributed by atoms with Gasteiger partial charge in [0, 0.05) is 32.4 Å². The number of hydrogen-bond donors (Lipinski definition) is 1. The minimum Gasteiger partial charge on any atom is -0.489 e. The van der Waals surface area contributed by atoms with Gasteiger partial charge in [0.1, 0.15) is 12.4 Å². The van der Waals surface area contributed by atoms with E-state index in [1.807, 2.05) is 0 Å². The molecule has 0 aliphatic carbocycles. The Morgan fingerprint density at radius 1 is 0.939 bits per heavy atom. The van der Waals surface area contributed by atoms with E-state index in [-0.39, 0.29) is 6.61 Å². The number of esters is 1. The summed E-state index contributed by atoms with van der Waals surface area (Å²) in [6, 6.07) is 19.0. The molecular formula is C25H20Cl3NO4. The van der Waals surface area contributed by atoms with Crippen molar-refractivity contribution >= 4 is 58.4 Å². The lowest BCUT2D eigenvalue weighted by Crippen LogP contribution is -2.29. The van der Waals surface area contributed by atoms with Crippen molar-refractivity contribution in [2.75, 3.05) is 5.32 Å². The highest BCUT2D eigenvalue weighted by Gasteiger charge is 2.16. The Bertz CT molecular complexity index is 1130. The molecule has 0 bridgehead atoms. The summed E-state index contributed by atoms with van der Waals surface area (Å²) in [4.78, 5) is 24.2. The van der Waals surface area contributed by atoms with Gasteiger partial charge in [0.05, 0.1) is 0 Å². The van der Waals surface area contributed by atoms with Gasteiger partial charge >= 0.3 is 5.97 Å². The van der Waals surface area contributed by atoms with E-state index in [2.05, 4.69) is 5.32 Å². The fraction of sp³-hybridized carbons (Fsp3) is 0.120. The number of ether oxygens (including phenoxy) is 2. The third kappa shape index (κ3) is 7.53. The largest absolute Gasteiger partial charge is 0.489 e. The maximum atomic E-state index is 12.2. The zero-order chi connectivity index (χ0) is 23.8. The van der Waals surface area contributed by atoms with Crippen LogP contribution in [-0.4, -0.2) is 18.0 Å². The van der Waals surface area contributed by atoms with E-state index in [1.54, 1.807) is 72.8 Å². The first-order valence-corrected chi connectivity index (χ1v) is 11.1. The SMILES string of the molecule is CC(OC(=O)C=Cc1ccc(OCc2c(Cl)cccc2Cl)cc1)C(=O)Nc1ccc(Cl)cc1. The van der Waals surface area contributed by atoms with Crippen molar-refractivity contribution in [1.82, 2.24) is 0 Å². The summed E-state index contributed by atoms with van der Waals surface area (Å²) in [6.07, 6.45) is 1.87. The number of hydrogen-bond acceptors (Lipinski definition) is 4. The van der Waals surface area contributed by atoms with E-state index in [0.29, 0.717) is 32.1 Å². The van der Waals surface area contributed by atoms with Crippen LogP contribution in [0.5, 0.6) is 5.75 Å². The second kappa shape index (κ2) is 11.8. The summed E-state index contributed by atoms with van der Waals surface area (Å²) < 4.78 is 10.9. The van der Waals surface area contributed by atoms with Crippen LogP contribution in [-0.2, 0) is 20.9 Å². The molecule has 0 saturated heterocycles. The van der Waals surface area contributed by atoms with Crippen LogP contribution in [0.15, 0.2) is 72.8 Å². The van der Waals surface area contributed by atoms with Gasteiger partial charge in [-0.15, -0.1) is 0 Å². The van der Waals surface area contributed by atoms with Crippen LogP contribution < -0.4 is 10.1 Å². The topological polar surface area (TPSA) is 64.6 Å². The molecule has 0 aliphatic heterocycles. The molecule has 1 amide bonds. The van der Waals surface area contributed by atoms with Gasteiger partial charge in [0.25, 0.3) is 5.91 Å². The lowest BCUT2D eigenvalue weighted by atomic mass is 10.2. The van der Waals surface area contributed by atoms with E-state index >= 15 is 0 Å². The van der Waals surface area contributed by atoms with E-state index in [0.717, 1.165) is 5.56 Å². The molecule has 3 rings (SSSR count). The van der Waals surface area contributed by atoms with Crippen LogP contribution in [0.1, 0.15) is 18.1 Å².